The Hall–Kier alpha value is -3.45. The number of hydrogen-bond acceptors (Lipinski definition) is 6. The lowest BCUT2D eigenvalue weighted by Crippen LogP contribution is -2.32. The number of nitrogens with zero attached hydrogens (tertiary/aromatic N) is 1. The highest BCUT2D eigenvalue weighted by molar-refractivity contribution is 8.18. The Kier molecular flexibility index (Phi) is 6.13. The topological polar surface area (TPSA) is 65.1 Å². The van der Waals surface area contributed by atoms with Crippen molar-refractivity contribution in [1.82, 2.24) is 4.90 Å². The summed E-state index contributed by atoms with van der Waals surface area (Å²) >= 11 is 0.911. The minimum absolute atomic E-state index is 0.172. The van der Waals surface area contributed by atoms with Crippen molar-refractivity contribution in [2.24, 2.45) is 0 Å². The van der Waals surface area contributed by atoms with Crippen LogP contribution in [0.4, 0.5) is 4.79 Å². The number of carbonyl (C=O) groups is 2. The number of benzene rings is 3. The van der Waals surface area contributed by atoms with Gasteiger partial charge in [-0.05, 0) is 41.4 Å². The van der Waals surface area contributed by atoms with E-state index >= 15 is 0 Å². The third-order valence-corrected chi connectivity index (χ3v) is 5.83. The summed E-state index contributed by atoms with van der Waals surface area (Å²) in [5.41, 5.74) is 0.695. The van der Waals surface area contributed by atoms with Gasteiger partial charge in [-0.25, -0.2) is 0 Å². The monoisotopic (exact) mass is 435 g/mol. The van der Waals surface area contributed by atoms with E-state index in [0.717, 1.165) is 28.3 Å². The Morgan fingerprint density at radius 2 is 1.74 bits per heavy atom. The van der Waals surface area contributed by atoms with Crippen LogP contribution in [0.2, 0.25) is 0 Å². The highest BCUT2D eigenvalue weighted by Gasteiger charge is 2.35. The van der Waals surface area contributed by atoms with Crippen LogP contribution >= 0.6 is 11.8 Å². The van der Waals surface area contributed by atoms with Gasteiger partial charge in [0, 0.05) is 17.0 Å². The Morgan fingerprint density at radius 1 is 0.935 bits per heavy atom. The molecule has 3 aromatic carbocycles. The van der Waals surface area contributed by atoms with Crippen LogP contribution in [-0.2, 0) is 4.79 Å². The molecule has 0 spiro atoms. The molecule has 3 aromatic rings. The minimum Gasteiger partial charge on any atom is -0.497 e. The molecule has 1 fully saturated rings. The summed E-state index contributed by atoms with van der Waals surface area (Å²) in [5, 5.41) is 1.75. The lowest BCUT2D eigenvalue weighted by atomic mass is 10.1. The molecule has 0 N–H and O–H groups in total. The van der Waals surface area contributed by atoms with Crippen LogP contribution < -0.4 is 14.2 Å². The second-order valence-corrected chi connectivity index (χ2v) is 7.76. The molecular weight excluding hydrogens is 414 g/mol. The minimum atomic E-state index is -0.339. The summed E-state index contributed by atoms with van der Waals surface area (Å²) < 4.78 is 16.5. The van der Waals surface area contributed by atoms with Crippen molar-refractivity contribution in [1.29, 1.82) is 0 Å². The van der Waals surface area contributed by atoms with Crippen LogP contribution in [-0.4, -0.2) is 43.4 Å². The van der Waals surface area contributed by atoms with Gasteiger partial charge in [-0.2, -0.15) is 0 Å². The number of methoxy groups -OCH3 is 2. The van der Waals surface area contributed by atoms with E-state index in [2.05, 4.69) is 0 Å². The number of imide groups is 1. The number of amides is 2. The molecule has 6 nitrogen and oxygen atoms in total. The number of ether oxygens (including phenoxy) is 3. The normalized spacial score (nSPS) is 15.0. The molecule has 1 saturated heterocycles. The lowest BCUT2D eigenvalue weighted by molar-refractivity contribution is -0.123. The van der Waals surface area contributed by atoms with Gasteiger partial charge < -0.3 is 14.2 Å². The highest BCUT2D eigenvalue weighted by atomic mass is 32.2. The second kappa shape index (κ2) is 9.14. The maximum Gasteiger partial charge on any atom is 0.293 e. The molecule has 4 rings (SSSR count). The Labute approximate surface area is 184 Å². The van der Waals surface area contributed by atoms with E-state index in [0.29, 0.717) is 22.0 Å². The van der Waals surface area contributed by atoms with E-state index in [9.17, 15) is 9.59 Å². The van der Waals surface area contributed by atoms with Gasteiger partial charge in [-0.15, -0.1) is 0 Å². The molecule has 0 atom stereocenters. The van der Waals surface area contributed by atoms with Crippen molar-refractivity contribution >= 4 is 39.8 Å². The van der Waals surface area contributed by atoms with E-state index in [4.69, 9.17) is 14.2 Å². The fraction of sp³-hybridized carbons (Fsp3) is 0.167. The summed E-state index contributed by atoms with van der Waals surface area (Å²) in [6.07, 6.45) is 1.66. The molecule has 1 aliphatic rings. The number of fused-ring (bicyclic) bond motifs is 1. The fourth-order valence-electron chi connectivity index (χ4n) is 3.34. The lowest BCUT2D eigenvalue weighted by Gasteiger charge is -2.14. The third-order valence-electron chi connectivity index (χ3n) is 4.92. The van der Waals surface area contributed by atoms with E-state index in [1.807, 2.05) is 42.5 Å². The molecule has 2 amide bonds. The van der Waals surface area contributed by atoms with E-state index < -0.39 is 0 Å². The molecule has 158 valence electrons. The molecule has 31 heavy (non-hydrogen) atoms. The van der Waals surface area contributed by atoms with Crippen molar-refractivity contribution < 1.29 is 23.8 Å². The van der Waals surface area contributed by atoms with Gasteiger partial charge in [0.05, 0.1) is 25.7 Å². The smallest absolute Gasteiger partial charge is 0.293 e. The van der Waals surface area contributed by atoms with Gasteiger partial charge in [0.15, 0.2) is 0 Å². The first kappa shape index (κ1) is 20.8. The zero-order valence-electron chi connectivity index (χ0n) is 17.2. The first-order valence-corrected chi connectivity index (χ1v) is 10.5. The average molecular weight is 436 g/mol. The van der Waals surface area contributed by atoms with Crippen LogP contribution in [0.3, 0.4) is 0 Å². The number of hydrogen-bond donors (Lipinski definition) is 0. The average Bonchev–Trinajstić information content (AvgIpc) is 3.06. The first-order chi connectivity index (χ1) is 15.1. The number of rotatable bonds is 7. The molecule has 0 bridgehead atoms. The molecule has 0 unspecified atom stereocenters. The largest absolute Gasteiger partial charge is 0.497 e. The predicted molar refractivity (Wildman–Crippen MR) is 122 cm³/mol. The number of carbonyl (C=O) groups excluding carboxylic acids is 2. The van der Waals surface area contributed by atoms with Gasteiger partial charge >= 0.3 is 0 Å². The fourth-order valence-corrected chi connectivity index (χ4v) is 4.20. The molecule has 0 saturated carbocycles. The molecular formula is C24H21NO5S. The first-order valence-electron chi connectivity index (χ1n) is 9.68. The van der Waals surface area contributed by atoms with Crippen LogP contribution in [0, 0.1) is 0 Å². The quantitative estimate of drug-likeness (QED) is 0.488. The molecule has 1 heterocycles. The highest BCUT2D eigenvalue weighted by Crippen LogP contribution is 2.35. The SMILES string of the molecule is COc1ccc(/C=C2\SC(=O)N(CCOc3cccc4ccccc34)C2=O)c(OC)c1. The maximum absolute atomic E-state index is 12.8. The van der Waals surface area contributed by atoms with Crippen molar-refractivity contribution in [2.75, 3.05) is 27.4 Å². The van der Waals surface area contributed by atoms with Gasteiger partial charge in [0.25, 0.3) is 11.1 Å². The van der Waals surface area contributed by atoms with Crippen LogP contribution in [0.1, 0.15) is 5.56 Å². The Bertz CT molecular complexity index is 1170. The van der Waals surface area contributed by atoms with Crippen molar-refractivity contribution in [3.8, 4) is 17.2 Å². The van der Waals surface area contributed by atoms with E-state index in [-0.39, 0.29) is 24.3 Å². The van der Waals surface area contributed by atoms with E-state index in [1.165, 1.54) is 4.90 Å². The van der Waals surface area contributed by atoms with E-state index in [1.54, 1.807) is 38.5 Å². The van der Waals surface area contributed by atoms with Gasteiger partial charge in [-0.1, -0.05) is 36.4 Å². The molecule has 0 aromatic heterocycles. The summed E-state index contributed by atoms with van der Waals surface area (Å²) in [7, 11) is 3.11. The Morgan fingerprint density at radius 3 is 2.55 bits per heavy atom. The van der Waals surface area contributed by atoms with Crippen molar-refractivity contribution in [2.45, 2.75) is 0 Å². The van der Waals surface area contributed by atoms with Crippen LogP contribution in [0.25, 0.3) is 16.8 Å². The van der Waals surface area contributed by atoms with Crippen molar-refractivity contribution in [3.63, 3.8) is 0 Å². The van der Waals surface area contributed by atoms with Crippen LogP contribution in [0.15, 0.2) is 65.6 Å². The summed E-state index contributed by atoms with van der Waals surface area (Å²) in [4.78, 5) is 26.8. The summed E-state index contributed by atoms with van der Waals surface area (Å²) in [5.74, 6) is 1.59. The zero-order valence-corrected chi connectivity index (χ0v) is 18.0. The van der Waals surface area contributed by atoms with Gasteiger partial charge in [0.1, 0.15) is 23.9 Å². The molecule has 1 aliphatic heterocycles. The molecule has 0 aliphatic carbocycles. The second-order valence-electron chi connectivity index (χ2n) is 6.77. The predicted octanol–water partition coefficient (Wildman–Crippen LogP) is 4.97. The molecule has 7 heteroatoms. The Balaban J connectivity index is 1.46. The van der Waals surface area contributed by atoms with Gasteiger partial charge in [0.2, 0.25) is 0 Å². The zero-order chi connectivity index (χ0) is 21.8. The van der Waals surface area contributed by atoms with Crippen LogP contribution in [0.5, 0.6) is 17.2 Å². The summed E-state index contributed by atoms with van der Waals surface area (Å²) in [6, 6.07) is 19.0. The standard InChI is InChI=1S/C24H21NO5S/c1-28-18-11-10-17(21(15-18)29-2)14-22-23(26)25(24(27)31-22)12-13-30-20-9-5-7-16-6-3-4-8-19(16)20/h3-11,14-15H,12-13H2,1-2H3/b22-14-. The van der Waals surface area contributed by atoms with Gasteiger partial charge in [-0.3, -0.25) is 14.5 Å². The maximum atomic E-state index is 12.8. The molecule has 0 radical (unpaired) electrons. The number of thioether (sulfide) groups is 1. The third kappa shape index (κ3) is 4.36. The summed E-state index contributed by atoms with van der Waals surface area (Å²) in [6.45, 7) is 0.385. The van der Waals surface area contributed by atoms with Crippen molar-refractivity contribution in [3.05, 3.63) is 71.1 Å².